The summed E-state index contributed by atoms with van der Waals surface area (Å²) in [5.41, 5.74) is 1.03. The van der Waals surface area contributed by atoms with Gasteiger partial charge in [0, 0.05) is 25.3 Å². The zero-order valence-corrected chi connectivity index (χ0v) is 12.3. The molecule has 5 nitrogen and oxygen atoms in total. The Kier molecular flexibility index (Phi) is 5.79. The number of aromatic nitrogens is 3. The molecule has 0 aromatic carbocycles. The van der Waals surface area contributed by atoms with Gasteiger partial charge in [0.2, 0.25) is 0 Å². The van der Waals surface area contributed by atoms with Crippen molar-refractivity contribution in [2.75, 3.05) is 20.1 Å². The smallest absolute Gasteiger partial charge is 0.0964 e. The van der Waals surface area contributed by atoms with Crippen LogP contribution in [0.2, 0.25) is 0 Å². The van der Waals surface area contributed by atoms with Gasteiger partial charge in [0.15, 0.2) is 0 Å². The largest absolute Gasteiger partial charge is 0.311 e. The molecule has 19 heavy (non-hydrogen) atoms. The second-order valence-electron chi connectivity index (χ2n) is 5.53. The molecule has 1 fully saturated rings. The SMILES string of the molecule is CCNCc1cn(CCN(C)C2CCCCC2)nn1. The van der Waals surface area contributed by atoms with Crippen molar-refractivity contribution < 1.29 is 0 Å². The molecule has 0 unspecified atom stereocenters. The first-order chi connectivity index (χ1) is 9.29. The highest BCUT2D eigenvalue weighted by molar-refractivity contribution is 4.91. The topological polar surface area (TPSA) is 46.0 Å². The van der Waals surface area contributed by atoms with Crippen molar-refractivity contribution in [3.05, 3.63) is 11.9 Å². The van der Waals surface area contributed by atoms with Gasteiger partial charge in [-0.25, -0.2) is 0 Å². The zero-order valence-electron chi connectivity index (χ0n) is 12.3. The first-order valence-electron chi connectivity index (χ1n) is 7.59. The van der Waals surface area contributed by atoms with E-state index in [1.807, 2.05) is 4.68 Å². The molecule has 5 heteroatoms. The minimum absolute atomic E-state index is 0.776. The molecule has 1 N–H and O–H groups in total. The Morgan fingerprint density at radius 3 is 2.89 bits per heavy atom. The van der Waals surface area contributed by atoms with E-state index < -0.39 is 0 Å². The van der Waals surface area contributed by atoms with Gasteiger partial charge >= 0.3 is 0 Å². The van der Waals surface area contributed by atoms with Crippen molar-refractivity contribution in [2.45, 2.75) is 58.2 Å². The fourth-order valence-corrected chi connectivity index (χ4v) is 2.75. The predicted octanol–water partition coefficient (Wildman–Crippen LogP) is 1.65. The molecule has 108 valence electrons. The summed E-state index contributed by atoms with van der Waals surface area (Å²) < 4.78 is 1.96. The third kappa shape index (κ3) is 4.58. The third-order valence-electron chi connectivity index (χ3n) is 4.02. The van der Waals surface area contributed by atoms with Crippen LogP contribution in [0.3, 0.4) is 0 Å². The van der Waals surface area contributed by atoms with Gasteiger partial charge < -0.3 is 10.2 Å². The number of likely N-dealkylation sites (N-methyl/N-ethyl adjacent to an activating group) is 1. The summed E-state index contributed by atoms with van der Waals surface area (Å²) in [4.78, 5) is 2.49. The average Bonchev–Trinajstić information content (AvgIpc) is 2.91. The van der Waals surface area contributed by atoms with Crippen LogP contribution < -0.4 is 5.32 Å². The van der Waals surface area contributed by atoms with Gasteiger partial charge in [-0.3, -0.25) is 4.68 Å². The number of hydrogen-bond acceptors (Lipinski definition) is 4. The molecule has 2 rings (SSSR count). The Morgan fingerprint density at radius 2 is 2.16 bits per heavy atom. The van der Waals surface area contributed by atoms with Crippen molar-refractivity contribution in [3.63, 3.8) is 0 Å². The highest BCUT2D eigenvalue weighted by Gasteiger charge is 2.17. The molecule has 0 atom stereocenters. The molecule has 0 bridgehead atoms. The van der Waals surface area contributed by atoms with Gasteiger partial charge in [0.25, 0.3) is 0 Å². The van der Waals surface area contributed by atoms with Crippen LogP contribution in [0.25, 0.3) is 0 Å². The number of hydrogen-bond donors (Lipinski definition) is 1. The van der Waals surface area contributed by atoms with E-state index in [-0.39, 0.29) is 0 Å². The lowest BCUT2D eigenvalue weighted by molar-refractivity contribution is 0.183. The highest BCUT2D eigenvalue weighted by atomic mass is 15.4. The van der Waals surface area contributed by atoms with E-state index in [0.717, 1.165) is 37.9 Å². The van der Waals surface area contributed by atoms with E-state index in [1.54, 1.807) is 0 Å². The van der Waals surface area contributed by atoms with Crippen LogP contribution in [0.1, 0.15) is 44.7 Å². The van der Waals surface area contributed by atoms with E-state index in [1.165, 1.54) is 32.1 Å². The van der Waals surface area contributed by atoms with Crippen LogP contribution in [0, 0.1) is 0 Å². The molecule has 0 aliphatic heterocycles. The Bertz CT molecular complexity index is 356. The van der Waals surface area contributed by atoms with Crippen molar-refractivity contribution in [1.29, 1.82) is 0 Å². The maximum Gasteiger partial charge on any atom is 0.0964 e. The normalized spacial score (nSPS) is 17.2. The van der Waals surface area contributed by atoms with E-state index in [9.17, 15) is 0 Å². The summed E-state index contributed by atoms with van der Waals surface area (Å²) in [6.45, 7) is 5.89. The third-order valence-corrected chi connectivity index (χ3v) is 4.02. The maximum absolute atomic E-state index is 4.19. The molecule has 0 spiro atoms. The quantitative estimate of drug-likeness (QED) is 0.814. The maximum atomic E-state index is 4.19. The standard InChI is InChI=1S/C14H27N5/c1-3-15-11-13-12-19(17-16-13)10-9-18(2)14-7-5-4-6-8-14/h12,14-15H,3-11H2,1-2H3. The summed E-state index contributed by atoms with van der Waals surface area (Å²) >= 11 is 0. The van der Waals surface area contributed by atoms with Crippen molar-refractivity contribution in [2.24, 2.45) is 0 Å². The minimum atomic E-state index is 0.776. The minimum Gasteiger partial charge on any atom is -0.311 e. The van der Waals surface area contributed by atoms with Crippen LogP contribution >= 0.6 is 0 Å². The fraction of sp³-hybridized carbons (Fsp3) is 0.857. The number of rotatable bonds is 7. The van der Waals surface area contributed by atoms with Crippen LogP contribution in [-0.2, 0) is 13.1 Å². The van der Waals surface area contributed by atoms with Crippen molar-refractivity contribution >= 4 is 0 Å². The van der Waals surface area contributed by atoms with E-state index >= 15 is 0 Å². The van der Waals surface area contributed by atoms with Crippen molar-refractivity contribution in [1.82, 2.24) is 25.2 Å². The summed E-state index contributed by atoms with van der Waals surface area (Å²) in [6.07, 6.45) is 8.98. The summed E-state index contributed by atoms with van der Waals surface area (Å²) in [5.74, 6) is 0. The van der Waals surface area contributed by atoms with Crippen LogP contribution in [0.4, 0.5) is 0 Å². The van der Waals surface area contributed by atoms with Gasteiger partial charge in [-0.15, -0.1) is 5.10 Å². The van der Waals surface area contributed by atoms with Gasteiger partial charge in [-0.2, -0.15) is 0 Å². The second kappa shape index (κ2) is 7.60. The molecule has 1 aliphatic rings. The number of nitrogens with one attached hydrogen (secondary N) is 1. The lowest BCUT2D eigenvalue weighted by Gasteiger charge is -2.30. The molecule has 1 heterocycles. The Morgan fingerprint density at radius 1 is 1.37 bits per heavy atom. The van der Waals surface area contributed by atoms with Crippen LogP contribution in [0.15, 0.2) is 6.20 Å². The zero-order chi connectivity index (χ0) is 13.5. The Labute approximate surface area is 116 Å². The first-order valence-corrected chi connectivity index (χ1v) is 7.59. The Balaban J connectivity index is 1.73. The van der Waals surface area contributed by atoms with Crippen LogP contribution in [-0.4, -0.2) is 46.1 Å². The summed E-state index contributed by atoms with van der Waals surface area (Å²) in [7, 11) is 2.24. The summed E-state index contributed by atoms with van der Waals surface area (Å²) in [5, 5.41) is 11.6. The van der Waals surface area contributed by atoms with Gasteiger partial charge in [-0.1, -0.05) is 31.4 Å². The van der Waals surface area contributed by atoms with E-state index in [0.29, 0.717) is 0 Å². The monoisotopic (exact) mass is 265 g/mol. The lowest BCUT2D eigenvalue weighted by Crippen LogP contribution is -2.35. The molecule has 1 aromatic heterocycles. The molecule has 1 aromatic rings. The molecular weight excluding hydrogens is 238 g/mol. The molecular formula is C14H27N5. The molecule has 0 radical (unpaired) electrons. The number of nitrogens with zero attached hydrogens (tertiary/aromatic N) is 4. The lowest BCUT2D eigenvalue weighted by atomic mass is 9.94. The molecule has 1 saturated carbocycles. The predicted molar refractivity (Wildman–Crippen MR) is 76.9 cm³/mol. The van der Waals surface area contributed by atoms with Crippen LogP contribution in [0.5, 0.6) is 0 Å². The first kappa shape index (κ1) is 14.5. The van der Waals surface area contributed by atoms with Crippen molar-refractivity contribution in [3.8, 4) is 0 Å². The van der Waals surface area contributed by atoms with E-state index in [4.69, 9.17) is 0 Å². The Hall–Kier alpha value is -0.940. The highest BCUT2D eigenvalue weighted by Crippen LogP contribution is 2.21. The van der Waals surface area contributed by atoms with Gasteiger partial charge in [0.05, 0.1) is 12.2 Å². The average molecular weight is 265 g/mol. The second-order valence-corrected chi connectivity index (χ2v) is 5.53. The fourth-order valence-electron chi connectivity index (χ4n) is 2.75. The van der Waals surface area contributed by atoms with Gasteiger partial charge in [0.1, 0.15) is 0 Å². The molecule has 1 aliphatic carbocycles. The summed E-state index contributed by atoms with van der Waals surface area (Å²) in [6, 6.07) is 0.776. The molecule has 0 saturated heterocycles. The molecule has 0 amide bonds. The van der Waals surface area contributed by atoms with E-state index in [2.05, 4.69) is 40.7 Å². The van der Waals surface area contributed by atoms with Gasteiger partial charge in [-0.05, 0) is 26.4 Å².